The van der Waals surface area contributed by atoms with E-state index in [4.69, 9.17) is 11.6 Å². The molecular formula is C11H18ClN3O2S. The molecule has 1 heterocycles. The second-order valence-corrected chi connectivity index (χ2v) is 6.77. The summed E-state index contributed by atoms with van der Waals surface area (Å²) in [6, 6.07) is 3.63. The maximum Gasteiger partial charge on any atom is 0.228 e. The van der Waals surface area contributed by atoms with Crippen molar-refractivity contribution in [1.82, 2.24) is 14.2 Å². The van der Waals surface area contributed by atoms with Gasteiger partial charge in [-0.05, 0) is 25.7 Å². The molecule has 0 fully saturated rings. The van der Waals surface area contributed by atoms with E-state index in [1.165, 1.54) is 4.31 Å². The fourth-order valence-electron chi connectivity index (χ4n) is 1.39. The van der Waals surface area contributed by atoms with Gasteiger partial charge in [0.2, 0.25) is 10.0 Å². The minimum absolute atomic E-state index is 0.302. The van der Waals surface area contributed by atoms with Crippen molar-refractivity contribution in [3.63, 3.8) is 0 Å². The molecule has 0 saturated carbocycles. The molecule has 5 nitrogen and oxygen atoms in total. The smallest absolute Gasteiger partial charge is 0.228 e. The second-order valence-electron chi connectivity index (χ2n) is 4.22. The largest absolute Gasteiger partial charge is 0.308 e. The monoisotopic (exact) mass is 291 g/mol. The first kappa shape index (κ1) is 15.4. The van der Waals surface area contributed by atoms with Gasteiger partial charge in [0.15, 0.2) is 0 Å². The fourth-order valence-corrected chi connectivity index (χ4v) is 2.65. The Morgan fingerprint density at radius 2 is 2.06 bits per heavy atom. The summed E-state index contributed by atoms with van der Waals surface area (Å²) < 4.78 is 25.1. The van der Waals surface area contributed by atoms with Crippen molar-refractivity contribution in [3.8, 4) is 0 Å². The number of likely N-dealkylation sites (N-methyl/N-ethyl adjacent to an activating group) is 1. The highest BCUT2D eigenvalue weighted by Crippen LogP contribution is 2.10. The van der Waals surface area contributed by atoms with Crippen LogP contribution in [0.25, 0.3) is 0 Å². The van der Waals surface area contributed by atoms with E-state index in [2.05, 4.69) is 4.98 Å². The summed E-state index contributed by atoms with van der Waals surface area (Å²) >= 11 is 5.51. The van der Waals surface area contributed by atoms with Crippen LogP contribution in [0.1, 0.15) is 5.56 Å². The number of halogens is 1. The van der Waals surface area contributed by atoms with Crippen molar-refractivity contribution in [2.45, 2.75) is 6.54 Å². The summed E-state index contributed by atoms with van der Waals surface area (Å²) in [4.78, 5) is 5.91. The van der Waals surface area contributed by atoms with Crippen molar-refractivity contribution in [2.75, 3.05) is 32.4 Å². The summed E-state index contributed by atoms with van der Waals surface area (Å²) in [5, 5.41) is -0.402. The number of hydrogen-bond donors (Lipinski definition) is 0. The molecule has 0 amide bonds. The Morgan fingerprint density at radius 1 is 1.33 bits per heavy atom. The van der Waals surface area contributed by atoms with Crippen LogP contribution in [-0.2, 0) is 16.6 Å². The zero-order valence-electron chi connectivity index (χ0n) is 10.6. The lowest BCUT2D eigenvalue weighted by atomic mass is 10.3. The van der Waals surface area contributed by atoms with Crippen LogP contribution in [0.4, 0.5) is 0 Å². The number of aromatic nitrogens is 1. The van der Waals surface area contributed by atoms with Gasteiger partial charge in [-0.15, -0.1) is 11.6 Å². The summed E-state index contributed by atoms with van der Waals surface area (Å²) in [5.41, 5.74) is 0.852. The second kappa shape index (κ2) is 7.04. The van der Waals surface area contributed by atoms with Crippen LogP contribution >= 0.6 is 11.6 Å². The van der Waals surface area contributed by atoms with Gasteiger partial charge in [0.1, 0.15) is 5.21 Å². The predicted octanol–water partition coefficient (Wildman–Crippen LogP) is 0.971. The molecule has 1 aromatic rings. The van der Waals surface area contributed by atoms with Gasteiger partial charge < -0.3 is 4.90 Å². The SMILES string of the molecule is CN(C)CCN(Cc1cccnc1)S(=O)(=O)CCl. The summed E-state index contributed by atoms with van der Waals surface area (Å²) in [5.74, 6) is 0. The molecule has 1 aromatic heterocycles. The first-order valence-electron chi connectivity index (χ1n) is 5.53. The lowest BCUT2D eigenvalue weighted by Crippen LogP contribution is -2.36. The number of sulfonamides is 1. The minimum Gasteiger partial charge on any atom is -0.308 e. The molecule has 0 N–H and O–H groups in total. The van der Waals surface area contributed by atoms with Gasteiger partial charge in [0.05, 0.1) is 0 Å². The van der Waals surface area contributed by atoms with Crippen LogP contribution in [0.5, 0.6) is 0 Å². The number of rotatable bonds is 7. The Morgan fingerprint density at radius 3 is 2.56 bits per heavy atom. The van der Waals surface area contributed by atoms with E-state index in [1.807, 2.05) is 25.1 Å². The topological polar surface area (TPSA) is 53.5 Å². The fraction of sp³-hybridized carbons (Fsp3) is 0.545. The van der Waals surface area contributed by atoms with Gasteiger partial charge in [0, 0.05) is 32.0 Å². The van der Waals surface area contributed by atoms with Crippen LogP contribution in [0.3, 0.4) is 0 Å². The summed E-state index contributed by atoms with van der Waals surface area (Å²) in [6.45, 7) is 1.37. The molecular weight excluding hydrogens is 274 g/mol. The van der Waals surface area contributed by atoms with Crippen LogP contribution in [0.15, 0.2) is 24.5 Å². The Labute approximate surface area is 113 Å². The minimum atomic E-state index is -3.41. The normalized spacial score (nSPS) is 12.3. The molecule has 1 rings (SSSR count). The van der Waals surface area contributed by atoms with Gasteiger partial charge in [-0.2, -0.15) is 4.31 Å². The van der Waals surface area contributed by atoms with Gasteiger partial charge >= 0.3 is 0 Å². The van der Waals surface area contributed by atoms with Crippen LogP contribution in [0.2, 0.25) is 0 Å². The van der Waals surface area contributed by atoms with Gasteiger partial charge in [0.25, 0.3) is 0 Å². The standard InChI is InChI=1S/C11H18ClN3O2S/c1-14(2)6-7-15(18(16,17)10-12)9-11-4-3-5-13-8-11/h3-5,8H,6-7,9-10H2,1-2H3. The third-order valence-corrected chi connectivity index (χ3v) is 4.61. The van der Waals surface area contributed by atoms with E-state index in [0.717, 1.165) is 5.56 Å². The number of hydrogen-bond acceptors (Lipinski definition) is 4. The van der Waals surface area contributed by atoms with Gasteiger partial charge in [-0.25, -0.2) is 8.42 Å². The van der Waals surface area contributed by atoms with E-state index < -0.39 is 15.2 Å². The highest BCUT2D eigenvalue weighted by atomic mass is 35.5. The molecule has 0 bridgehead atoms. The Hall–Kier alpha value is -0.690. The number of alkyl halides is 1. The van der Waals surface area contributed by atoms with E-state index >= 15 is 0 Å². The van der Waals surface area contributed by atoms with Gasteiger partial charge in [-0.3, -0.25) is 4.98 Å². The Balaban J connectivity index is 2.78. The van der Waals surface area contributed by atoms with Gasteiger partial charge in [-0.1, -0.05) is 6.07 Å². The molecule has 7 heteroatoms. The van der Waals surface area contributed by atoms with Crippen molar-refractivity contribution in [1.29, 1.82) is 0 Å². The first-order valence-corrected chi connectivity index (χ1v) is 7.67. The number of nitrogens with zero attached hydrogens (tertiary/aromatic N) is 3. The molecule has 0 saturated heterocycles. The van der Waals surface area contributed by atoms with Crippen molar-refractivity contribution in [3.05, 3.63) is 30.1 Å². The van der Waals surface area contributed by atoms with Crippen molar-refractivity contribution < 1.29 is 8.42 Å². The average molecular weight is 292 g/mol. The van der Waals surface area contributed by atoms with Crippen LogP contribution in [-0.4, -0.2) is 55.0 Å². The maximum atomic E-state index is 11.9. The molecule has 0 radical (unpaired) electrons. The molecule has 0 aliphatic rings. The van der Waals surface area contributed by atoms with Crippen molar-refractivity contribution in [2.24, 2.45) is 0 Å². The third kappa shape index (κ3) is 4.89. The average Bonchev–Trinajstić information content (AvgIpc) is 2.35. The molecule has 102 valence electrons. The lowest BCUT2D eigenvalue weighted by molar-refractivity contribution is 0.330. The Kier molecular flexibility index (Phi) is 6.01. The van der Waals surface area contributed by atoms with Crippen LogP contribution < -0.4 is 0 Å². The zero-order chi connectivity index (χ0) is 13.6. The summed E-state index contributed by atoms with van der Waals surface area (Å²) in [7, 11) is 0.387. The highest BCUT2D eigenvalue weighted by Gasteiger charge is 2.21. The van der Waals surface area contributed by atoms with E-state index in [0.29, 0.717) is 19.6 Å². The molecule has 0 spiro atoms. The molecule has 0 atom stereocenters. The third-order valence-electron chi connectivity index (χ3n) is 2.41. The Bertz CT molecular complexity index is 451. The zero-order valence-corrected chi connectivity index (χ0v) is 12.2. The molecule has 0 aliphatic carbocycles. The maximum absolute atomic E-state index is 11.9. The van der Waals surface area contributed by atoms with E-state index in [-0.39, 0.29) is 0 Å². The lowest BCUT2D eigenvalue weighted by Gasteiger charge is -2.22. The quantitative estimate of drug-likeness (QED) is 0.703. The van der Waals surface area contributed by atoms with Crippen molar-refractivity contribution >= 4 is 21.6 Å². The summed E-state index contributed by atoms with van der Waals surface area (Å²) in [6.07, 6.45) is 3.32. The molecule has 0 aliphatic heterocycles. The van der Waals surface area contributed by atoms with Crippen LogP contribution in [0, 0.1) is 0 Å². The molecule has 18 heavy (non-hydrogen) atoms. The number of pyridine rings is 1. The first-order chi connectivity index (χ1) is 8.45. The molecule has 0 unspecified atom stereocenters. The van der Waals surface area contributed by atoms with E-state index in [9.17, 15) is 8.42 Å². The highest BCUT2D eigenvalue weighted by molar-refractivity contribution is 7.90. The molecule has 0 aromatic carbocycles. The predicted molar refractivity (Wildman–Crippen MR) is 72.8 cm³/mol. The van der Waals surface area contributed by atoms with E-state index in [1.54, 1.807) is 18.5 Å².